The number of hydrogen-bond donors (Lipinski definition) is 0. The third-order valence-corrected chi connectivity index (χ3v) is 6.67. The van der Waals surface area contributed by atoms with Gasteiger partial charge in [-0.25, -0.2) is 0 Å². The zero-order valence-electron chi connectivity index (χ0n) is 17.9. The largest absolute Gasteiger partial charge is 0.361 e. The van der Waals surface area contributed by atoms with Gasteiger partial charge in [0.2, 0.25) is 5.91 Å². The molecule has 0 aliphatic carbocycles. The van der Waals surface area contributed by atoms with Crippen molar-refractivity contribution in [1.29, 1.82) is 0 Å². The van der Waals surface area contributed by atoms with E-state index in [9.17, 15) is 4.79 Å². The van der Waals surface area contributed by atoms with Gasteiger partial charge in [0.15, 0.2) is 0 Å². The number of likely N-dealkylation sites (tertiary alicyclic amines) is 2. The molecule has 0 unspecified atom stereocenters. The van der Waals surface area contributed by atoms with Crippen LogP contribution in [-0.2, 0) is 11.2 Å². The van der Waals surface area contributed by atoms with Crippen LogP contribution in [0.15, 0.2) is 16.9 Å². The van der Waals surface area contributed by atoms with Gasteiger partial charge in [-0.15, -0.1) is 0 Å². The first-order valence-corrected chi connectivity index (χ1v) is 10.6. The minimum absolute atomic E-state index is 0.197. The Kier molecular flexibility index (Phi) is 5.42. The van der Waals surface area contributed by atoms with Crippen LogP contribution in [0.5, 0.6) is 0 Å². The van der Waals surface area contributed by atoms with E-state index in [-0.39, 0.29) is 5.41 Å². The normalized spacial score (nSPS) is 22.2. The highest BCUT2D eigenvalue weighted by atomic mass is 16.5. The predicted molar refractivity (Wildman–Crippen MR) is 110 cm³/mol. The number of aryl methyl sites for hydroxylation is 2. The first-order valence-electron chi connectivity index (χ1n) is 10.6. The first-order chi connectivity index (χ1) is 13.9. The maximum Gasteiger partial charge on any atom is 0.228 e. The van der Waals surface area contributed by atoms with Gasteiger partial charge >= 0.3 is 0 Å². The van der Waals surface area contributed by atoms with Crippen LogP contribution in [0.25, 0.3) is 11.3 Å². The second-order valence-electron chi connectivity index (χ2n) is 9.07. The standard InChI is InChI=1S/C22H31N5O2/c1-15-20(16(2)29-25-15)19-13-23-18(12-24-19)11-17-5-8-27(14-17)21(28)22(3)6-9-26(4)10-7-22/h12-13,17H,5-11,14H2,1-4H3/t17-/m1/s1. The van der Waals surface area contributed by atoms with Crippen molar-refractivity contribution < 1.29 is 9.32 Å². The molecule has 4 heterocycles. The van der Waals surface area contributed by atoms with Crippen molar-refractivity contribution in [1.82, 2.24) is 24.9 Å². The van der Waals surface area contributed by atoms with Crippen LogP contribution >= 0.6 is 0 Å². The lowest BCUT2D eigenvalue weighted by atomic mass is 9.79. The molecule has 0 spiro atoms. The number of piperidine rings is 1. The maximum absolute atomic E-state index is 13.1. The Morgan fingerprint density at radius 1 is 1.21 bits per heavy atom. The summed E-state index contributed by atoms with van der Waals surface area (Å²) in [5.74, 6) is 1.55. The number of nitrogens with zero attached hydrogens (tertiary/aromatic N) is 5. The molecule has 0 N–H and O–H groups in total. The molecule has 7 heteroatoms. The summed E-state index contributed by atoms with van der Waals surface area (Å²) in [7, 11) is 2.13. The second-order valence-corrected chi connectivity index (χ2v) is 9.07. The number of carbonyl (C=O) groups is 1. The van der Waals surface area contributed by atoms with Gasteiger partial charge in [0.25, 0.3) is 0 Å². The van der Waals surface area contributed by atoms with Crippen LogP contribution < -0.4 is 0 Å². The highest BCUT2D eigenvalue weighted by Crippen LogP contribution is 2.35. The van der Waals surface area contributed by atoms with E-state index in [1.807, 2.05) is 20.0 Å². The molecule has 29 heavy (non-hydrogen) atoms. The lowest BCUT2D eigenvalue weighted by Gasteiger charge is -2.39. The summed E-state index contributed by atoms with van der Waals surface area (Å²) in [5.41, 5.74) is 3.33. The van der Waals surface area contributed by atoms with Gasteiger partial charge in [-0.05, 0) is 65.6 Å². The van der Waals surface area contributed by atoms with Crippen LogP contribution in [-0.4, -0.2) is 64.1 Å². The van der Waals surface area contributed by atoms with Crippen molar-refractivity contribution in [2.24, 2.45) is 11.3 Å². The zero-order valence-corrected chi connectivity index (χ0v) is 17.9. The number of amides is 1. The van der Waals surface area contributed by atoms with E-state index < -0.39 is 0 Å². The van der Waals surface area contributed by atoms with Gasteiger partial charge in [0, 0.05) is 24.7 Å². The van der Waals surface area contributed by atoms with E-state index >= 15 is 0 Å². The molecule has 0 radical (unpaired) electrons. The van der Waals surface area contributed by atoms with Crippen molar-refractivity contribution in [2.45, 2.75) is 46.5 Å². The Hall–Kier alpha value is -2.28. The van der Waals surface area contributed by atoms with Crippen molar-refractivity contribution in [2.75, 3.05) is 33.2 Å². The Morgan fingerprint density at radius 2 is 1.97 bits per heavy atom. The lowest BCUT2D eigenvalue weighted by molar-refractivity contribution is -0.142. The molecule has 2 saturated heterocycles. The second kappa shape index (κ2) is 7.86. The van der Waals surface area contributed by atoms with Gasteiger partial charge in [-0.1, -0.05) is 12.1 Å². The van der Waals surface area contributed by atoms with Crippen LogP contribution in [0.2, 0.25) is 0 Å². The zero-order chi connectivity index (χ0) is 20.6. The van der Waals surface area contributed by atoms with Crippen molar-refractivity contribution >= 4 is 5.91 Å². The van der Waals surface area contributed by atoms with Gasteiger partial charge in [-0.2, -0.15) is 0 Å². The highest BCUT2D eigenvalue weighted by molar-refractivity contribution is 5.82. The summed E-state index contributed by atoms with van der Waals surface area (Å²) in [6.07, 6.45) is 7.46. The molecule has 4 rings (SSSR count). The molecular weight excluding hydrogens is 366 g/mol. The van der Waals surface area contributed by atoms with Crippen LogP contribution in [0, 0.1) is 25.2 Å². The molecule has 0 saturated carbocycles. The molecule has 2 aromatic heterocycles. The lowest BCUT2D eigenvalue weighted by Crippen LogP contribution is -2.47. The van der Waals surface area contributed by atoms with Crippen LogP contribution in [0.1, 0.15) is 43.3 Å². The fourth-order valence-electron chi connectivity index (χ4n) is 4.63. The Balaban J connectivity index is 1.36. The average molecular weight is 398 g/mol. The molecule has 7 nitrogen and oxygen atoms in total. The van der Waals surface area contributed by atoms with Gasteiger partial charge < -0.3 is 14.3 Å². The molecular formula is C22H31N5O2. The highest BCUT2D eigenvalue weighted by Gasteiger charge is 2.40. The summed E-state index contributed by atoms with van der Waals surface area (Å²) < 4.78 is 5.23. The number of rotatable bonds is 4. The summed E-state index contributed by atoms with van der Waals surface area (Å²) in [5, 5.41) is 3.99. The molecule has 2 fully saturated rings. The van der Waals surface area contributed by atoms with E-state index in [2.05, 4.69) is 38.9 Å². The van der Waals surface area contributed by atoms with E-state index in [1.54, 1.807) is 6.20 Å². The molecule has 1 atom stereocenters. The molecule has 1 amide bonds. The summed E-state index contributed by atoms with van der Waals surface area (Å²) in [6.45, 7) is 9.65. The van der Waals surface area contributed by atoms with Gasteiger partial charge in [0.05, 0.1) is 28.8 Å². The van der Waals surface area contributed by atoms with E-state index in [1.165, 1.54) is 0 Å². The monoisotopic (exact) mass is 397 g/mol. The smallest absolute Gasteiger partial charge is 0.228 e. The molecule has 2 aromatic rings. The van der Waals surface area contributed by atoms with Crippen LogP contribution in [0.3, 0.4) is 0 Å². The number of hydrogen-bond acceptors (Lipinski definition) is 6. The van der Waals surface area contributed by atoms with E-state index in [4.69, 9.17) is 4.52 Å². The van der Waals surface area contributed by atoms with Crippen molar-refractivity contribution in [3.63, 3.8) is 0 Å². The predicted octanol–water partition coefficient (Wildman–Crippen LogP) is 2.87. The third-order valence-electron chi connectivity index (χ3n) is 6.67. The molecule has 156 valence electrons. The Labute approximate surface area is 172 Å². The fraction of sp³-hybridized carbons (Fsp3) is 0.636. The quantitative estimate of drug-likeness (QED) is 0.790. The molecule has 0 aromatic carbocycles. The molecule has 2 aliphatic heterocycles. The molecule has 2 aliphatic rings. The Bertz CT molecular complexity index is 848. The van der Waals surface area contributed by atoms with E-state index in [0.717, 1.165) is 80.3 Å². The average Bonchev–Trinajstić information content (AvgIpc) is 3.31. The third kappa shape index (κ3) is 4.06. The van der Waals surface area contributed by atoms with Crippen molar-refractivity contribution in [3.8, 4) is 11.3 Å². The topological polar surface area (TPSA) is 75.4 Å². The van der Waals surface area contributed by atoms with Gasteiger partial charge in [0.1, 0.15) is 5.76 Å². The number of aromatic nitrogens is 3. The van der Waals surface area contributed by atoms with Crippen molar-refractivity contribution in [3.05, 3.63) is 29.5 Å². The van der Waals surface area contributed by atoms with Gasteiger partial charge in [-0.3, -0.25) is 14.8 Å². The summed E-state index contributed by atoms with van der Waals surface area (Å²) >= 11 is 0. The minimum Gasteiger partial charge on any atom is -0.361 e. The summed E-state index contributed by atoms with van der Waals surface area (Å²) in [6, 6.07) is 0. The summed E-state index contributed by atoms with van der Waals surface area (Å²) in [4.78, 5) is 26.7. The Morgan fingerprint density at radius 3 is 2.59 bits per heavy atom. The minimum atomic E-state index is -0.197. The maximum atomic E-state index is 13.1. The first kappa shape index (κ1) is 20.0. The van der Waals surface area contributed by atoms with Crippen LogP contribution in [0.4, 0.5) is 0 Å². The number of carbonyl (C=O) groups excluding carboxylic acids is 1. The fourth-order valence-corrected chi connectivity index (χ4v) is 4.63. The SMILES string of the molecule is Cc1noc(C)c1-c1cnc(C[C@H]2CCN(C(=O)C3(C)CCN(C)CC3)C2)cn1. The molecule has 0 bridgehead atoms. The van der Waals surface area contributed by atoms with E-state index in [0.29, 0.717) is 11.8 Å².